The zero-order valence-electron chi connectivity index (χ0n) is 15.4. The van der Waals surface area contributed by atoms with Crippen LogP contribution in [0.4, 0.5) is 5.69 Å². The highest BCUT2D eigenvalue weighted by molar-refractivity contribution is 6.34. The molecule has 0 N–H and O–H groups in total. The smallest absolute Gasteiger partial charge is 0.266 e. The molecular weight excluding hydrogens is 354 g/mol. The van der Waals surface area contributed by atoms with E-state index in [1.165, 1.54) is 4.90 Å². The third kappa shape index (κ3) is 3.34. The van der Waals surface area contributed by atoms with Gasteiger partial charge < -0.3 is 9.47 Å². The predicted molar refractivity (Wildman–Crippen MR) is 106 cm³/mol. The van der Waals surface area contributed by atoms with Crippen LogP contribution in [0.5, 0.6) is 11.5 Å². The van der Waals surface area contributed by atoms with Crippen LogP contribution >= 0.6 is 0 Å². The molecule has 0 radical (unpaired) electrons. The van der Waals surface area contributed by atoms with Gasteiger partial charge in [-0.1, -0.05) is 24.3 Å². The summed E-state index contributed by atoms with van der Waals surface area (Å²) in [5, 5.41) is 0. The van der Waals surface area contributed by atoms with Crippen molar-refractivity contribution in [1.82, 2.24) is 0 Å². The highest BCUT2D eigenvalue weighted by atomic mass is 16.5. The Kier molecular flexibility index (Phi) is 4.81. The van der Waals surface area contributed by atoms with Crippen molar-refractivity contribution in [3.05, 3.63) is 89.5 Å². The zero-order valence-corrected chi connectivity index (χ0v) is 15.4. The number of carbonyl (C=O) groups is 2. The van der Waals surface area contributed by atoms with Crippen LogP contribution in [0.25, 0.3) is 0 Å². The van der Waals surface area contributed by atoms with Gasteiger partial charge in [-0.3, -0.25) is 9.59 Å². The van der Waals surface area contributed by atoms with E-state index in [1.54, 1.807) is 36.4 Å². The van der Waals surface area contributed by atoms with Crippen LogP contribution in [0.15, 0.2) is 72.8 Å². The molecular formula is C23H19NO4. The Morgan fingerprint density at radius 1 is 0.750 bits per heavy atom. The van der Waals surface area contributed by atoms with Gasteiger partial charge in [0.25, 0.3) is 11.8 Å². The minimum atomic E-state index is -0.301. The summed E-state index contributed by atoms with van der Waals surface area (Å²) in [5.41, 5.74) is 2.27. The van der Waals surface area contributed by atoms with Gasteiger partial charge >= 0.3 is 0 Å². The molecule has 5 heteroatoms. The van der Waals surface area contributed by atoms with E-state index >= 15 is 0 Å². The maximum atomic E-state index is 12.6. The SMILES string of the molecule is CCOc1ccc(OCc2cccc(N3C(=O)c4ccccc4C3=O)c2)cc1. The fraction of sp³-hybridized carbons (Fsp3) is 0.130. The number of imide groups is 1. The van der Waals surface area contributed by atoms with E-state index in [0.717, 1.165) is 17.1 Å². The molecule has 1 aliphatic heterocycles. The maximum absolute atomic E-state index is 12.6. The summed E-state index contributed by atoms with van der Waals surface area (Å²) < 4.78 is 11.2. The number of anilines is 1. The van der Waals surface area contributed by atoms with Crippen LogP contribution < -0.4 is 14.4 Å². The molecule has 1 heterocycles. The van der Waals surface area contributed by atoms with Crippen molar-refractivity contribution in [2.75, 3.05) is 11.5 Å². The molecule has 0 aliphatic carbocycles. The number of amides is 2. The van der Waals surface area contributed by atoms with Crippen molar-refractivity contribution in [3.8, 4) is 11.5 Å². The summed E-state index contributed by atoms with van der Waals surface area (Å²) in [6, 6.07) is 21.5. The van der Waals surface area contributed by atoms with E-state index in [-0.39, 0.29) is 11.8 Å². The average molecular weight is 373 g/mol. The predicted octanol–water partition coefficient (Wildman–Crippen LogP) is 4.46. The van der Waals surface area contributed by atoms with Crippen molar-refractivity contribution >= 4 is 17.5 Å². The van der Waals surface area contributed by atoms with E-state index < -0.39 is 0 Å². The molecule has 3 aromatic carbocycles. The quantitative estimate of drug-likeness (QED) is 0.599. The summed E-state index contributed by atoms with van der Waals surface area (Å²) in [4.78, 5) is 26.5. The van der Waals surface area contributed by atoms with Gasteiger partial charge in [-0.25, -0.2) is 4.90 Å². The van der Waals surface area contributed by atoms with E-state index in [4.69, 9.17) is 9.47 Å². The molecule has 28 heavy (non-hydrogen) atoms. The lowest BCUT2D eigenvalue weighted by atomic mass is 10.1. The van der Waals surface area contributed by atoms with Crippen molar-refractivity contribution in [3.63, 3.8) is 0 Å². The van der Waals surface area contributed by atoms with E-state index in [1.807, 2.05) is 43.3 Å². The first kappa shape index (κ1) is 17.8. The first-order chi connectivity index (χ1) is 13.7. The summed E-state index contributed by atoms with van der Waals surface area (Å²) in [5.74, 6) is 0.910. The molecule has 5 nitrogen and oxygen atoms in total. The second-order valence-corrected chi connectivity index (χ2v) is 6.35. The number of fused-ring (bicyclic) bond motifs is 1. The Bertz CT molecular complexity index is 992. The number of ether oxygens (including phenoxy) is 2. The third-order valence-corrected chi connectivity index (χ3v) is 4.50. The summed E-state index contributed by atoms with van der Waals surface area (Å²) in [6.45, 7) is 2.88. The molecule has 0 spiro atoms. The van der Waals surface area contributed by atoms with Gasteiger partial charge in [0.2, 0.25) is 0 Å². The molecule has 3 aromatic rings. The fourth-order valence-electron chi connectivity index (χ4n) is 3.17. The van der Waals surface area contributed by atoms with Crippen LogP contribution in [0, 0.1) is 0 Å². The molecule has 2 amide bonds. The van der Waals surface area contributed by atoms with Crippen LogP contribution in [0.2, 0.25) is 0 Å². The number of carbonyl (C=O) groups excluding carboxylic acids is 2. The van der Waals surface area contributed by atoms with Gasteiger partial charge in [0, 0.05) is 0 Å². The summed E-state index contributed by atoms with van der Waals surface area (Å²) in [7, 11) is 0. The van der Waals surface area contributed by atoms with Crippen LogP contribution in [-0.4, -0.2) is 18.4 Å². The van der Waals surface area contributed by atoms with Crippen molar-refractivity contribution in [1.29, 1.82) is 0 Å². The molecule has 0 saturated carbocycles. The first-order valence-electron chi connectivity index (χ1n) is 9.10. The molecule has 0 atom stereocenters. The van der Waals surface area contributed by atoms with Crippen LogP contribution in [0.3, 0.4) is 0 Å². The van der Waals surface area contributed by atoms with Crippen molar-refractivity contribution < 1.29 is 19.1 Å². The molecule has 4 rings (SSSR count). The summed E-state index contributed by atoms with van der Waals surface area (Å²) in [6.07, 6.45) is 0. The minimum absolute atomic E-state index is 0.301. The highest BCUT2D eigenvalue weighted by Gasteiger charge is 2.36. The molecule has 1 aliphatic rings. The largest absolute Gasteiger partial charge is 0.494 e. The number of hydrogen-bond donors (Lipinski definition) is 0. The van der Waals surface area contributed by atoms with Crippen molar-refractivity contribution in [2.45, 2.75) is 13.5 Å². The normalized spacial score (nSPS) is 12.8. The van der Waals surface area contributed by atoms with Gasteiger partial charge in [0.05, 0.1) is 23.4 Å². The first-order valence-corrected chi connectivity index (χ1v) is 9.10. The van der Waals surface area contributed by atoms with Crippen molar-refractivity contribution in [2.24, 2.45) is 0 Å². The Morgan fingerprint density at radius 3 is 1.96 bits per heavy atom. The second-order valence-electron chi connectivity index (χ2n) is 6.35. The van der Waals surface area contributed by atoms with Crippen LogP contribution in [-0.2, 0) is 6.61 Å². The number of benzene rings is 3. The van der Waals surface area contributed by atoms with E-state index in [9.17, 15) is 9.59 Å². The number of hydrogen-bond acceptors (Lipinski definition) is 4. The fourth-order valence-corrected chi connectivity index (χ4v) is 3.17. The van der Waals surface area contributed by atoms with Gasteiger partial charge in [-0.15, -0.1) is 0 Å². The van der Waals surface area contributed by atoms with Gasteiger partial charge in [-0.05, 0) is 61.0 Å². The lowest BCUT2D eigenvalue weighted by Gasteiger charge is -2.15. The molecule has 0 bridgehead atoms. The lowest BCUT2D eigenvalue weighted by molar-refractivity contribution is 0.0926. The summed E-state index contributed by atoms with van der Waals surface area (Å²) >= 11 is 0. The Balaban J connectivity index is 1.49. The molecule has 0 fully saturated rings. The topological polar surface area (TPSA) is 55.8 Å². The Morgan fingerprint density at radius 2 is 1.36 bits per heavy atom. The molecule has 140 valence electrons. The number of nitrogens with zero attached hydrogens (tertiary/aromatic N) is 1. The Hall–Kier alpha value is -3.60. The van der Waals surface area contributed by atoms with Crippen LogP contribution in [0.1, 0.15) is 33.2 Å². The molecule has 0 saturated heterocycles. The molecule has 0 aromatic heterocycles. The highest BCUT2D eigenvalue weighted by Crippen LogP contribution is 2.29. The minimum Gasteiger partial charge on any atom is -0.494 e. The second kappa shape index (κ2) is 7.56. The standard InChI is InChI=1S/C23H19NO4/c1-2-27-18-10-12-19(13-11-18)28-15-16-6-5-7-17(14-16)24-22(25)20-8-3-4-9-21(20)23(24)26/h3-14H,2,15H2,1H3. The molecule has 0 unspecified atom stereocenters. The maximum Gasteiger partial charge on any atom is 0.266 e. The third-order valence-electron chi connectivity index (χ3n) is 4.50. The van der Waals surface area contributed by atoms with Gasteiger partial charge in [0.15, 0.2) is 0 Å². The Labute approximate surface area is 163 Å². The van der Waals surface area contributed by atoms with Gasteiger partial charge in [0.1, 0.15) is 18.1 Å². The average Bonchev–Trinajstić information content (AvgIpc) is 2.99. The monoisotopic (exact) mass is 373 g/mol. The van der Waals surface area contributed by atoms with E-state index in [0.29, 0.717) is 30.0 Å². The number of rotatable bonds is 6. The van der Waals surface area contributed by atoms with E-state index in [2.05, 4.69) is 0 Å². The van der Waals surface area contributed by atoms with Gasteiger partial charge in [-0.2, -0.15) is 0 Å². The zero-order chi connectivity index (χ0) is 19.5. The lowest BCUT2D eigenvalue weighted by Crippen LogP contribution is -2.29.